The predicted molar refractivity (Wildman–Crippen MR) is 71.0 cm³/mol. The highest BCUT2D eigenvalue weighted by Crippen LogP contribution is 2.34. The molecule has 0 saturated heterocycles. The Morgan fingerprint density at radius 3 is 2.11 bits per heavy atom. The summed E-state index contributed by atoms with van der Waals surface area (Å²) >= 11 is 0. The molecule has 0 unspecified atom stereocenters. The summed E-state index contributed by atoms with van der Waals surface area (Å²) < 4.78 is 26.2. The summed E-state index contributed by atoms with van der Waals surface area (Å²) in [4.78, 5) is 0. The van der Waals surface area contributed by atoms with Gasteiger partial charge in [0.05, 0.1) is 0 Å². The molecule has 0 aliphatic rings. The van der Waals surface area contributed by atoms with Crippen LogP contribution < -0.4 is 0 Å². The van der Waals surface area contributed by atoms with E-state index in [1.807, 2.05) is 0 Å². The molecule has 94 valence electrons. The average Bonchev–Trinajstić information content (AvgIpc) is 2.41. The maximum absolute atomic E-state index is 13.2. The van der Waals surface area contributed by atoms with E-state index in [9.17, 15) is 13.9 Å². The Bertz CT molecular complexity index is 749. The lowest BCUT2D eigenvalue weighted by Gasteiger charge is -2.08. The molecule has 0 atom stereocenters. The minimum absolute atomic E-state index is 0.0281. The van der Waals surface area contributed by atoms with Crippen molar-refractivity contribution in [3.05, 3.63) is 66.2 Å². The van der Waals surface area contributed by atoms with Crippen LogP contribution >= 0.6 is 0 Å². The first-order valence-electron chi connectivity index (χ1n) is 5.82. The standard InChI is InChI=1S/C16H10F2O/c17-11-3-1-10(2-4-11)13-7-8-16(19)15-9-12(18)5-6-14(13)15/h1-9,19H. The van der Waals surface area contributed by atoms with Gasteiger partial charge < -0.3 is 5.11 Å². The average molecular weight is 256 g/mol. The topological polar surface area (TPSA) is 20.2 Å². The van der Waals surface area contributed by atoms with Gasteiger partial charge in [-0.3, -0.25) is 0 Å². The molecule has 3 rings (SSSR count). The molecule has 0 spiro atoms. The Balaban J connectivity index is 2.30. The molecule has 0 amide bonds. The lowest BCUT2D eigenvalue weighted by molar-refractivity contribution is 0.481. The van der Waals surface area contributed by atoms with E-state index < -0.39 is 5.82 Å². The Morgan fingerprint density at radius 1 is 0.684 bits per heavy atom. The van der Waals surface area contributed by atoms with E-state index in [1.165, 1.54) is 30.3 Å². The van der Waals surface area contributed by atoms with Crippen molar-refractivity contribution in [2.75, 3.05) is 0 Å². The monoisotopic (exact) mass is 256 g/mol. The van der Waals surface area contributed by atoms with Crippen molar-refractivity contribution in [3.63, 3.8) is 0 Å². The molecule has 3 aromatic rings. The normalized spacial score (nSPS) is 10.8. The number of fused-ring (bicyclic) bond motifs is 1. The van der Waals surface area contributed by atoms with E-state index in [4.69, 9.17) is 0 Å². The number of phenols is 1. The van der Waals surface area contributed by atoms with Crippen LogP contribution in [0, 0.1) is 11.6 Å². The second-order valence-electron chi connectivity index (χ2n) is 4.33. The fourth-order valence-electron chi connectivity index (χ4n) is 2.19. The summed E-state index contributed by atoms with van der Waals surface area (Å²) in [6.45, 7) is 0. The molecule has 0 radical (unpaired) electrons. The molecule has 1 nitrogen and oxygen atoms in total. The minimum atomic E-state index is -0.404. The van der Waals surface area contributed by atoms with Crippen molar-refractivity contribution in [3.8, 4) is 16.9 Å². The second-order valence-corrected chi connectivity index (χ2v) is 4.33. The number of hydrogen-bond acceptors (Lipinski definition) is 1. The van der Waals surface area contributed by atoms with Crippen molar-refractivity contribution < 1.29 is 13.9 Å². The van der Waals surface area contributed by atoms with Gasteiger partial charge in [0.2, 0.25) is 0 Å². The molecule has 0 fully saturated rings. The number of hydrogen-bond donors (Lipinski definition) is 1. The molecule has 19 heavy (non-hydrogen) atoms. The van der Waals surface area contributed by atoms with Crippen LogP contribution in [-0.4, -0.2) is 5.11 Å². The smallest absolute Gasteiger partial charge is 0.123 e. The first kappa shape index (κ1) is 11.7. The summed E-state index contributed by atoms with van der Waals surface area (Å²) in [5.74, 6) is -0.683. The zero-order valence-corrected chi connectivity index (χ0v) is 9.90. The van der Waals surface area contributed by atoms with Crippen LogP contribution in [0.25, 0.3) is 21.9 Å². The highest BCUT2D eigenvalue weighted by molar-refractivity contribution is 5.99. The lowest BCUT2D eigenvalue weighted by Crippen LogP contribution is -1.84. The van der Waals surface area contributed by atoms with Gasteiger partial charge in [-0.2, -0.15) is 0 Å². The third-order valence-corrected chi connectivity index (χ3v) is 3.11. The third-order valence-electron chi connectivity index (χ3n) is 3.11. The number of rotatable bonds is 1. The third kappa shape index (κ3) is 2.03. The van der Waals surface area contributed by atoms with Crippen molar-refractivity contribution >= 4 is 10.8 Å². The molecule has 0 aromatic heterocycles. The molecule has 0 heterocycles. The Kier molecular flexibility index (Phi) is 2.67. The first-order chi connectivity index (χ1) is 9.15. The fraction of sp³-hybridized carbons (Fsp3) is 0. The largest absolute Gasteiger partial charge is 0.507 e. The van der Waals surface area contributed by atoms with Crippen LogP contribution in [0.15, 0.2) is 54.6 Å². The van der Waals surface area contributed by atoms with Gasteiger partial charge in [-0.1, -0.05) is 24.3 Å². The van der Waals surface area contributed by atoms with E-state index in [0.29, 0.717) is 5.39 Å². The highest BCUT2D eigenvalue weighted by Gasteiger charge is 2.08. The number of halogens is 2. The van der Waals surface area contributed by atoms with Crippen molar-refractivity contribution in [2.24, 2.45) is 0 Å². The molecule has 3 aromatic carbocycles. The van der Waals surface area contributed by atoms with E-state index in [2.05, 4.69) is 0 Å². The summed E-state index contributed by atoms with van der Waals surface area (Å²) in [5.41, 5.74) is 1.64. The number of aromatic hydroxyl groups is 1. The fourth-order valence-corrected chi connectivity index (χ4v) is 2.19. The highest BCUT2D eigenvalue weighted by atomic mass is 19.1. The summed E-state index contributed by atoms with van der Waals surface area (Å²) in [6, 6.07) is 13.6. The zero-order valence-electron chi connectivity index (χ0n) is 9.90. The van der Waals surface area contributed by atoms with Crippen LogP contribution in [-0.2, 0) is 0 Å². The van der Waals surface area contributed by atoms with Crippen LogP contribution in [0.5, 0.6) is 5.75 Å². The van der Waals surface area contributed by atoms with Gasteiger partial charge in [0.15, 0.2) is 0 Å². The minimum Gasteiger partial charge on any atom is -0.507 e. The van der Waals surface area contributed by atoms with Gasteiger partial charge in [-0.05, 0) is 46.8 Å². The molecule has 0 aliphatic carbocycles. The van der Waals surface area contributed by atoms with Gasteiger partial charge in [-0.15, -0.1) is 0 Å². The van der Waals surface area contributed by atoms with Gasteiger partial charge in [0.25, 0.3) is 0 Å². The van der Waals surface area contributed by atoms with Gasteiger partial charge >= 0.3 is 0 Å². The molecular weight excluding hydrogens is 246 g/mol. The number of benzene rings is 3. The predicted octanol–water partition coefficient (Wildman–Crippen LogP) is 4.49. The van der Waals surface area contributed by atoms with Crippen molar-refractivity contribution in [2.45, 2.75) is 0 Å². The number of phenolic OH excluding ortho intramolecular Hbond substituents is 1. The van der Waals surface area contributed by atoms with Gasteiger partial charge in [0.1, 0.15) is 17.4 Å². The first-order valence-corrected chi connectivity index (χ1v) is 5.82. The summed E-state index contributed by atoms with van der Waals surface area (Å²) in [5, 5.41) is 11.0. The maximum atomic E-state index is 13.2. The quantitative estimate of drug-likeness (QED) is 0.680. The van der Waals surface area contributed by atoms with Gasteiger partial charge in [-0.25, -0.2) is 8.78 Å². The second kappa shape index (κ2) is 4.35. The van der Waals surface area contributed by atoms with Crippen molar-refractivity contribution in [1.82, 2.24) is 0 Å². The van der Waals surface area contributed by atoms with E-state index in [-0.39, 0.29) is 11.6 Å². The summed E-state index contributed by atoms with van der Waals surface area (Å²) in [7, 11) is 0. The lowest BCUT2D eigenvalue weighted by atomic mass is 9.97. The summed E-state index contributed by atoms with van der Waals surface area (Å²) in [6.07, 6.45) is 0. The molecule has 1 N–H and O–H groups in total. The maximum Gasteiger partial charge on any atom is 0.123 e. The Morgan fingerprint density at radius 2 is 1.37 bits per heavy atom. The molecule has 0 saturated carbocycles. The van der Waals surface area contributed by atoms with Crippen LogP contribution in [0.1, 0.15) is 0 Å². The Hall–Kier alpha value is -2.42. The molecule has 3 heteroatoms. The van der Waals surface area contributed by atoms with E-state index in [1.54, 1.807) is 24.3 Å². The molecule has 0 bridgehead atoms. The molecule has 0 aliphatic heterocycles. The zero-order chi connectivity index (χ0) is 13.4. The van der Waals surface area contributed by atoms with E-state index in [0.717, 1.165) is 16.5 Å². The van der Waals surface area contributed by atoms with Gasteiger partial charge in [0, 0.05) is 5.39 Å². The van der Waals surface area contributed by atoms with E-state index >= 15 is 0 Å². The SMILES string of the molecule is Oc1ccc(-c2ccc(F)cc2)c2ccc(F)cc12. The van der Waals surface area contributed by atoms with Crippen molar-refractivity contribution in [1.29, 1.82) is 0 Å². The van der Waals surface area contributed by atoms with Crippen LogP contribution in [0.2, 0.25) is 0 Å². The Labute approximate surface area is 108 Å². The van der Waals surface area contributed by atoms with Crippen LogP contribution in [0.4, 0.5) is 8.78 Å². The van der Waals surface area contributed by atoms with Crippen LogP contribution in [0.3, 0.4) is 0 Å². The molecular formula is C16H10F2O.